The lowest BCUT2D eigenvalue weighted by molar-refractivity contribution is -0.130. The predicted octanol–water partition coefficient (Wildman–Crippen LogP) is 4.33. The molecule has 0 aliphatic heterocycles. The number of benzene rings is 2. The van der Waals surface area contributed by atoms with Gasteiger partial charge in [0, 0.05) is 10.8 Å². The maximum Gasteiger partial charge on any atom is 0.141 e. The van der Waals surface area contributed by atoms with Crippen LogP contribution in [0.5, 0.6) is 0 Å². The summed E-state index contributed by atoms with van der Waals surface area (Å²) in [7, 11) is 0. The second-order valence-electron chi connectivity index (χ2n) is 5.36. The molecule has 0 spiro atoms. The number of carbonyl (C=O) groups excluding carboxylic acids is 2. The molecule has 0 aromatic heterocycles. The highest BCUT2D eigenvalue weighted by molar-refractivity contribution is 7.98. The van der Waals surface area contributed by atoms with Crippen LogP contribution in [0.1, 0.15) is 30.9 Å². The van der Waals surface area contributed by atoms with Crippen LogP contribution in [0.3, 0.4) is 0 Å². The van der Waals surface area contributed by atoms with Crippen molar-refractivity contribution in [2.75, 3.05) is 6.26 Å². The zero-order valence-corrected chi connectivity index (χ0v) is 13.9. The number of thioether (sulfide) groups is 1. The molecule has 3 heteroatoms. The van der Waals surface area contributed by atoms with Gasteiger partial charge in [-0.15, -0.1) is 11.8 Å². The Bertz CT molecular complexity index is 633. The number of carbonyl (C=O) groups is 2. The summed E-state index contributed by atoms with van der Waals surface area (Å²) in [6.07, 6.45) is 2.03. The van der Waals surface area contributed by atoms with Gasteiger partial charge in [-0.1, -0.05) is 42.5 Å². The Hall–Kier alpha value is -1.87. The molecule has 0 amide bonds. The minimum atomic E-state index is -0.637. The van der Waals surface area contributed by atoms with Crippen LogP contribution < -0.4 is 0 Å². The second-order valence-corrected chi connectivity index (χ2v) is 6.24. The van der Waals surface area contributed by atoms with Crippen molar-refractivity contribution >= 4 is 23.3 Å². The standard InChI is InChI=1S/C19H20O2S/c1-13(20)18(14(2)21)19(15-7-5-4-6-8-15)16-9-11-17(22-3)12-10-16/h4-12,18-19H,1-3H3/t19-/m1/s1. The van der Waals surface area contributed by atoms with Gasteiger partial charge in [-0.25, -0.2) is 0 Å². The summed E-state index contributed by atoms with van der Waals surface area (Å²) in [5, 5.41) is 0. The molecule has 0 bridgehead atoms. The van der Waals surface area contributed by atoms with Gasteiger partial charge in [0.25, 0.3) is 0 Å². The maximum atomic E-state index is 12.1. The number of hydrogen-bond donors (Lipinski definition) is 0. The lowest BCUT2D eigenvalue weighted by Gasteiger charge is -2.24. The molecule has 2 aromatic rings. The summed E-state index contributed by atoms with van der Waals surface area (Å²) in [6.45, 7) is 3.00. The third kappa shape index (κ3) is 3.66. The monoisotopic (exact) mass is 312 g/mol. The van der Waals surface area contributed by atoms with Crippen LogP contribution in [-0.4, -0.2) is 17.8 Å². The van der Waals surface area contributed by atoms with E-state index in [-0.39, 0.29) is 17.5 Å². The average molecular weight is 312 g/mol. The Kier molecular flexibility index (Phi) is 5.56. The van der Waals surface area contributed by atoms with Crippen LogP contribution >= 0.6 is 11.8 Å². The molecule has 0 N–H and O–H groups in total. The van der Waals surface area contributed by atoms with Gasteiger partial charge in [-0.3, -0.25) is 9.59 Å². The molecule has 0 radical (unpaired) electrons. The fraction of sp³-hybridized carbons (Fsp3) is 0.263. The fourth-order valence-electron chi connectivity index (χ4n) is 2.80. The molecule has 22 heavy (non-hydrogen) atoms. The Labute approximate surface area is 135 Å². The molecule has 114 valence electrons. The van der Waals surface area contributed by atoms with Crippen molar-refractivity contribution < 1.29 is 9.59 Å². The topological polar surface area (TPSA) is 34.1 Å². The molecular weight excluding hydrogens is 292 g/mol. The van der Waals surface area contributed by atoms with E-state index in [1.165, 1.54) is 13.8 Å². The summed E-state index contributed by atoms with van der Waals surface area (Å²) < 4.78 is 0. The zero-order chi connectivity index (χ0) is 16.1. The maximum absolute atomic E-state index is 12.1. The van der Waals surface area contributed by atoms with Crippen molar-refractivity contribution in [3.63, 3.8) is 0 Å². The van der Waals surface area contributed by atoms with E-state index in [0.717, 1.165) is 16.0 Å². The van der Waals surface area contributed by atoms with E-state index in [2.05, 4.69) is 0 Å². The summed E-state index contributed by atoms with van der Waals surface area (Å²) in [5.74, 6) is -1.04. The molecule has 2 aromatic carbocycles. The first-order valence-electron chi connectivity index (χ1n) is 7.24. The van der Waals surface area contributed by atoms with Crippen molar-refractivity contribution in [2.24, 2.45) is 5.92 Å². The van der Waals surface area contributed by atoms with E-state index in [1.807, 2.05) is 60.9 Å². The summed E-state index contributed by atoms with van der Waals surface area (Å²) in [6, 6.07) is 17.9. The van der Waals surface area contributed by atoms with Crippen LogP contribution in [0.2, 0.25) is 0 Å². The predicted molar refractivity (Wildman–Crippen MR) is 91.4 cm³/mol. The van der Waals surface area contributed by atoms with E-state index in [0.29, 0.717) is 0 Å². The number of Topliss-reactive ketones (excluding diaryl/α,β-unsaturated/α-hetero) is 2. The first-order valence-corrected chi connectivity index (χ1v) is 8.47. The average Bonchev–Trinajstić information content (AvgIpc) is 2.52. The fourth-order valence-corrected chi connectivity index (χ4v) is 3.21. The third-order valence-corrected chi connectivity index (χ3v) is 4.59. The molecule has 0 saturated carbocycles. The van der Waals surface area contributed by atoms with E-state index in [4.69, 9.17) is 0 Å². The van der Waals surface area contributed by atoms with Crippen LogP contribution in [0.15, 0.2) is 59.5 Å². The molecule has 0 saturated heterocycles. The van der Waals surface area contributed by atoms with Gasteiger partial charge in [-0.05, 0) is 43.4 Å². The molecule has 0 unspecified atom stereocenters. The Morgan fingerprint density at radius 2 is 1.32 bits per heavy atom. The summed E-state index contributed by atoms with van der Waals surface area (Å²) in [5.41, 5.74) is 1.99. The highest BCUT2D eigenvalue weighted by atomic mass is 32.2. The van der Waals surface area contributed by atoms with Gasteiger partial charge >= 0.3 is 0 Å². The molecule has 2 nitrogen and oxygen atoms in total. The molecule has 0 fully saturated rings. The molecule has 0 aliphatic carbocycles. The molecule has 0 heterocycles. The van der Waals surface area contributed by atoms with Crippen molar-refractivity contribution in [3.8, 4) is 0 Å². The first kappa shape index (κ1) is 16.5. The van der Waals surface area contributed by atoms with Gasteiger partial charge in [0.1, 0.15) is 11.6 Å². The number of hydrogen-bond acceptors (Lipinski definition) is 3. The number of rotatable bonds is 6. The van der Waals surface area contributed by atoms with Gasteiger partial charge in [0.15, 0.2) is 0 Å². The van der Waals surface area contributed by atoms with Crippen molar-refractivity contribution in [1.82, 2.24) is 0 Å². The van der Waals surface area contributed by atoms with Gasteiger partial charge in [-0.2, -0.15) is 0 Å². The Balaban J connectivity index is 2.53. The highest BCUT2D eigenvalue weighted by Gasteiger charge is 2.32. The van der Waals surface area contributed by atoms with Crippen LogP contribution in [0.25, 0.3) is 0 Å². The van der Waals surface area contributed by atoms with Gasteiger partial charge < -0.3 is 0 Å². The molecule has 2 rings (SSSR count). The zero-order valence-electron chi connectivity index (χ0n) is 13.1. The Morgan fingerprint density at radius 3 is 1.77 bits per heavy atom. The lowest BCUT2D eigenvalue weighted by Crippen LogP contribution is -2.27. The van der Waals surface area contributed by atoms with Crippen molar-refractivity contribution in [3.05, 3.63) is 65.7 Å². The van der Waals surface area contributed by atoms with Gasteiger partial charge in [0.05, 0.1) is 5.92 Å². The normalized spacial score (nSPS) is 12.2. The van der Waals surface area contributed by atoms with Crippen LogP contribution in [0, 0.1) is 5.92 Å². The SMILES string of the molecule is CSc1ccc([C@@H](c2ccccc2)C(C(C)=O)C(C)=O)cc1. The van der Waals surface area contributed by atoms with E-state index in [9.17, 15) is 9.59 Å². The molecule has 1 atom stereocenters. The summed E-state index contributed by atoms with van der Waals surface area (Å²) >= 11 is 1.67. The largest absolute Gasteiger partial charge is 0.299 e. The highest BCUT2D eigenvalue weighted by Crippen LogP contribution is 2.34. The van der Waals surface area contributed by atoms with Crippen LogP contribution in [0.4, 0.5) is 0 Å². The van der Waals surface area contributed by atoms with Crippen molar-refractivity contribution in [1.29, 1.82) is 0 Å². The molecule has 0 aliphatic rings. The third-order valence-electron chi connectivity index (χ3n) is 3.84. The van der Waals surface area contributed by atoms with Crippen molar-refractivity contribution in [2.45, 2.75) is 24.7 Å². The van der Waals surface area contributed by atoms with E-state index in [1.54, 1.807) is 11.8 Å². The minimum Gasteiger partial charge on any atom is -0.299 e. The molecular formula is C19H20O2S. The number of ketones is 2. The smallest absolute Gasteiger partial charge is 0.141 e. The second kappa shape index (κ2) is 7.41. The van der Waals surface area contributed by atoms with E-state index < -0.39 is 5.92 Å². The Morgan fingerprint density at radius 1 is 0.818 bits per heavy atom. The lowest BCUT2D eigenvalue weighted by atomic mass is 9.77. The van der Waals surface area contributed by atoms with E-state index >= 15 is 0 Å². The quantitative estimate of drug-likeness (QED) is 0.588. The first-order chi connectivity index (χ1) is 10.5. The summed E-state index contributed by atoms with van der Waals surface area (Å²) in [4.78, 5) is 25.3. The van der Waals surface area contributed by atoms with Gasteiger partial charge in [0.2, 0.25) is 0 Å². The minimum absolute atomic E-state index is 0.0877. The van der Waals surface area contributed by atoms with Crippen LogP contribution in [-0.2, 0) is 9.59 Å².